The number of methoxy groups -OCH3 is 1. The number of amides is 1. The van der Waals surface area contributed by atoms with Crippen LogP contribution in [0.1, 0.15) is 42.9 Å². The molecule has 1 atom stereocenters. The molecule has 0 saturated carbocycles. The molecule has 1 aliphatic carbocycles. The number of hydrogen-bond acceptors (Lipinski definition) is 5. The Morgan fingerprint density at radius 2 is 1.84 bits per heavy atom. The fourth-order valence-electron chi connectivity index (χ4n) is 5.82. The standard InChI is InChI=1S/C26H30N2O4/c1-3-32-28-24(29)16-23(25(30)31-2)26(28)10-12-27(13-11-26)17-18-8-9-22-20(14-18)15-19-6-4-5-7-21(19)22/h4-9,14,23H,3,10-13,15-17H2,1-2H3. The van der Waals surface area contributed by atoms with E-state index in [9.17, 15) is 9.59 Å². The van der Waals surface area contributed by atoms with E-state index < -0.39 is 11.5 Å². The molecule has 6 heteroatoms. The van der Waals surface area contributed by atoms with Crippen molar-refractivity contribution in [2.75, 3.05) is 26.8 Å². The quantitative estimate of drug-likeness (QED) is 0.575. The van der Waals surface area contributed by atoms with Crippen LogP contribution in [0.4, 0.5) is 0 Å². The molecule has 1 spiro atoms. The molecule has 168 valence electrons. The van der Waals surface area contributed by atoms with Crippen LogP contribution in [0.3, 0.4) is 0 Å². The molecular formula is C26H30N2O4. The zero-order chi connectivity index (χ0) is 22.3. The molecule has 1 unspecified atom stereocenters. The molecule has 2 aromatic carbocycles. The van der Waals surface area contributed by atoms with Crippen molar-refractivity contribution < 1.29 is 19.2 Å². The fourth-order valence-corrected chi connectivity index (χ4v) is 5.82. The predicted molar refractivity (Wildman–Crippen MR) is 121 cm³/mol. The molecule has 2 heterocycles. The maximum Gasteiger partial charge on any atom is 0.311 e. The lowest BCUT2D eigenvalue weighted by Gasteiger charge is -2.45. The van der Waals surface area contributed by atoms with E-state index in [0.717, 1.165) is 26.1 Å². The smallest absolute Gasteiger partial charge is 0.311 e. The van der Waals surface area contributed by atoms with E-state index in [1.54, 1.807) is 0 Å². The minimum Gasteiger partial charge on any atom is -0.469 e. The summed E-state index contributed by atoms with van der Waals surface area (Å²) in [5.41, 5.74) is 6.20. The first kappa shape index (κ1) is 21.2. The molecule has 6 nitrogen and oxygen atoms in total. The maximum absolute atomic E-state index is 12.6. The van der Waals surface area contributed by atoms with Crippen LogP contribution in [0.15, 0.2) is 42.5 Å². The van der Waals surface area contributed by atoms with E-state index in [1.165, 1.54) is 40.0 Å². The summed E-state index contributed by atoms with van der Waals surface area (Å²) < 4.78 is 5.04. The lowest BCUT2D eigenvalue weighted by molar-refractivity contribution is -0.221. The van der Waals surface area contributed by atoms with E-state index in [1.807, 2.05) is 6.92 Å². The van der Waals surface area contributed by atoms with Crippen LogP contribution in [0.2, 0.25) is 0 Å². The second kappa shape index (κ2) is 8.34. The number of fused-ring (bicyclic) bond motifs is 3. The van der Waals surface area contributed by atoms with E-state index >= 15 is 0 Å². The number of likely N-dealkylation sites (tertiary alicyclic amines) is 1. The molecule has 2 aromatic rings. The zero-order valence-electron chi connectivity index (χ0n) is 18.8. The summed E-state index contributed by atoms with van der Waals surface area (Å²) in [5.74, 6) is -0.895. The van der Waals surface area contributed by atoms with Gasteiger partial charge in [-0.25, -0.2) is 5.06 Å². The second-order valence-electron chi connectivity index (χ2n) is 9.09. The molecule has 3 aliphatic rings. The van der Waals surface area contributed by atoms with Crippen molar-refractivity contribution in [1.82, 2.24) is 9.96 Å². The molecule has 0 aromatic heterocycles. The number of hydrogen-bond donors (Lipinski definition) is 0. The summed E-state index contributed by atoms with van der Waals surface area (Å²) in [7, 11) is 1.39. The number of carbonyl (C=O) groups excluding carboxylic acids is 2. The van der Waals surface area contributed by atoms with Gasteiger partial charge in [0, 0.05) is 26.1 Å². The third-order valence-electron chi connectivity index (χ3n) is 7.39. The predicted octanol–water partition coefficient (Wildman–Crippen LogP) is 3.57. The van der Waals surface area contributed by atoms with E-state index in [4.69, 9.17) is 9.57 Å². The van der Waals surface area contributed by atoms with Gasteiger partial charge in [0.1, 0.15) is 0 Å². The summed E-state index contributed by atoms with van der Waals surface area (Å²) in [4.78, 5) is 33.2. The Labute approximate surface area is 189 Å². The molecule has 0 radical (unpaired) electrons. The normalized spacial score (nSPS) is 21.6. The third-order valence-corrected chi connectivity index (χ3v) is 7.39. The molecule has 2 fully saturated rings. The van der Waals surface area contributed by atoms with Gasteiger partial charge in [0.25, 0.3) is 0 Å². The van der Waals surface area contributed by atoms with Crippen LogP contribution in [-0.2, 0) is 32.1 Å². The minimum atomic E-state index is -0.601. The van der Waals surface area contributed by atoms with E-state index in [-0.39, 0.29) is 18.3 Å². The van der Waals surface area contributed by atoms with E-state index in [0.29, 0.717) is 19.4 Å². The monoisotopic (exact) mass is 434 g/mol. The van der Waals surface area contributed by atoms with Gasteiger partial charge in [0.05, 0.1) is 25.2 Å². The number of hydroxylamine groups is 2. The van der Waals surface area contributed by atoms with Crippen molar-refractivity contribution in [2.45, 2.75) is 44.7 Å². The van der Waals surface area contributed by atoms with Gasteiger partial charge in [-0.05, 0) is 54.0 Å². The number of benzene rings is 2. The van der Waals surface area contributed by atoms with Crippen LogP contribution >= 0.6 is 0 Å². The largest absolute Gasteiger partial charge is 0.469 e. The van der Waals surface area contributed by atoms with Gasteiger partial charge in [-0.2, -0.15) is 0 Å². The molecule has 0 N–H and O–H groups in total. The molecule has 0 bridgehead atoms. The summed E-state index contributed by atoms with van der Waals surface area (Å²) >= 11 is 0. The number of esters is 1. The van der Waals surface area contributed by atoms with Gasteiger partial charge < -0.3 is 4.74 Å². The summed E-state index contributed by atoms with van der Waals surface area (Å²) in [5, 5.41) is 1.50. The first-order valence-electron chi connectivity index (χ1n) is 11.5. The van der Waals surface area contributed by atoms with Crippen LogP contribution in [0.5, 0.6) is 0 Å². The van der Waals surface area contributed by atoms with Crippen molar-refractivity contribution in [3.63, 3.8) is 0 Å². The first-order valence-corrected chi connectivity index (χ1v) is 11.5. The van der Waals surface area contributed by atoms with Crippen molar-refractivity contribution in [2.24, 2.45) is 5.92 Å². The molecule has 5 rings (SSSR count). The number of ether oxygens (including phenoxy) is 1. The number of piperidine rings is 1. The Hall–Kier alpha value is -2.70. The van der Waals surface area contributed by atoms with Crippen LogP contribution < -0.4 is 0 Å². The number of nitrogens with zero attached hydrogens (tertiary/aromatic N) is 2. The Bertz CT molecular complexity index is 1040. The van der Waals surface area contributed by atoms with Gasteiger partial charge >= 0.3 is 5.97 Å². The van der Waals surface area contributed by atoms with Gasteiger partial charge in [-0.1, -0.05) is 42.5 Å². The third kappa shape index (κ3) is 3.42. The summed E-state index contributed by atoms with van der Waals surface area (Å²) in [6, 6.07) is 15.4. The summed E-state index contributed by atoms with van der Waals surface area (Å²) in [6.07, 6.45) is 2.57. The van der Waals surface area contributed by atoms with Gasteiger partial charge in [-0.3, -0.25) is 19.3 Å². The highest BCUT2D eigenvalue weighted by molar-refractivity contribution is 5.88. The van der Waals surface area contributed by atoms with Crippen molar-refractivity contribution in [1.29, 1.82) is 0 Å². The molecular weight excluding hydrogens is 404 g/mol. The van der Waals surface area contributed by atoms with Crippen LogP contribution in [-0.4, -0.2) is 54.2 Å². The summed E-state index contributed by atoms with van der Waals surface area (Å²) in [6.45, 7) is 4.75. The van der Waals surface area contributed by atoms with E-state index in [2.05, 4.69) is 47.4 Å². The number of rotatable bonds is 5. The molecule has 2 saturated heterocycles. The topological polar surface area (TPSA) is 59.1 Å². The van der Waals surface area contributed by atoms with Crippen molar-refractivity contribution >= 4 is 11.9 Å². The average molecular weight is 435 g/mol. The Balaban J connectivity index is 1.30. The molecule has 2 aliphatic heterocycles. The highest BCUT2D eigenvalue weighted by Crippen LogP contribution is 2.45. The first-order chi connectivity index (χ1) is 15.6. The van der Waals surface area contributed by atoms with Crippen LogP contribution in [0.25, 0.3) is 11.1 Å². The molecule has 32 heavy (non-hydrogen) atoms. The number of carbonyl (C=O) groups is 2. The van der Waals surface area contributed by atoms with Gasteiger partial charge in [0.15, 0.2) is 0 Å². The highest BCUT2D eigenvalue weighted by atomic mass is 16.7. The van der Waals surface area contributed by atoms with Crippen molar-refractivity contribution in [3.8, 4) is 11.1 Å². The lowest BCUT2D eigenvalue weighted by atomic mass is 9.77. The Kier molecular flexibility index (Phi) is 5.51. The maximum atomic E-state index is 12.6. The molecule has 1 amide bonds. The Morgan fingerprint density at radius 1 is 1.09 bits per heavy atom. The van der Waals surface area contributed by atoms with Gasteiger partial charge in [-0.15, -0.1) is 0 Å². The average Bonchev–Trinajstić information content (AvgIpc) is 3.31. The SMILES string of the molecule is CCON1C(=O)CC(C(=O)OC)C12CCN(Cc1ccc3c(c1)Cc1ccccc1-3)CC2. The Morgan fingerprint density at radius 3 is 2.59 bits per heavy atom. The van der Waals surface area contributed by atoms with Crippen LogP contribution in [0, 0.1) is 5.92 Å². The zero-order valence-corrected chi connectivity index (χ0v) is 18.8. The minimum absolute atomic E-state index is 0.117. The lowest BCUT2D eigenvalue weighted by Crippen LogP contribution is -2.57. The fraction of sp³-hybridized carbons (Fsp3) is 0.462. The van der Waals surface area contributed by atoms with Gasteiger partial charge in [0.2, 0.25) is 5.91 Å². The second-order valence-corrected chi connectivity index (χ2v) is 9.09. The highest BCUT2D eigenvalue weighted by Gasteiger charge is 2.58. The van der Waals surface area contributed by atoms with Crippen molar-refractivity contribution in [3.05, 3.63) is 59.2 Å².